The quantitative estimate of drug-likeness (QED) is 0.451. The van der Waals surface area contributed by atoms with E-state index in [0.717, 1.165) is 6.04 Å². The highest BCUT2D eigenvalue weighted by atomic mass is 28.3. The first-order valence-electron chi connectivity index (χ1n) is 10.7. The van der Waals surface area contributed by atoms with Gasteiger partial charge in [-0.2, -0.15) is 5.10 Å². The average molecular weight is 450 g/mol. The summed E-state index contributed by atoms with van der Waals surface area (Å²) in [5.41, 5.74) is 0.0863. The van der Waals surface area contributed by atoms with Crippen molar-refractivity contribution in [2.45, 2.75) is 78.2 Å². The second-order valence-corrected chi connectivity index (χ2v) is 16.1. The highest BCUT2D eigenvalue weighted by Crippen LogP contribution is 2.37. The first-order valence-corrected chi connectivity index (χ1v) is 14.4. The van der Waals surface area contributed by atoms with E-state index in [2.05, 4.69) is 24.7 Å². The Balaban J connectivity index is 1.79. The molecule has 0 saturated carbocycles. The van der Waals surface area contributed by atoms with Crippen molar-refractivity contribution in [2.24, 2.45) is 0 Å². The van der Waals surface area contributed by atoms with Gasteiger partial charge in [0.05, 0.1) is 16.9 Å². The van der Waals surface area contributed by atoms with Gasteiger partial charge in [0.25, 0.3) is 0 Å². The standard InChI is InChI=1S/C22H33BF2N2O3Si/c1-15-17(13-27(26-15)14-28-11-12-31(6,7)8)16-9-10-18(20(25)19(16)24)23-29-21(2,3)22(4,5)30-23/h9-10,13H,11-12,14H2,1-8H3. The predicted molar refractivity (Wildman–Crippen MR) is 122 cm³/mol. The smallest absolute Gasteiger partial charge is 0.399 e. The molecule has 1 aromatic heterocycles. The lowest BCUT2D eigenvalue weighted by Gasteiger charge is -2.32. The Labute approximate surface area is 185 Å². The molecule has 0 bridgehead atoms. The van der Waals surface area contributed by atoms with Crippen LogP contribution in [0, 0.1) is 18.6 Å². The summed E-state index contributed by atoms with van der Waals surface area (Å²) in [6.45, 7) is 17.1. The lowest BCUT2D eigenvalue weighted by molar-refractivity contribution is 0.00578. The maximum Gasteiger partial charge on any atom is 0.497 e. The summed E-state index contributed by atoms with van der Waals surface area (Å²) in [5, 5.41) is 4.39. The van der Waals surface area contributed by atoms with Crippen molar-refractivity contribution in [3.63, 3.8) is 0 Å². The van der Waals surface area contributed by atoms with E-state index in [0.29, 0.717) is 17.9 Å². The minimum absolute atomic E-state index is 0.0552. The Morgan fingerprint density at radius 2 is 1.65 bits per heavy atom. The second-order valence-electron chi connectivity index (χ2n) is 10.4. The van der Waals surface area contributed by atoms with E-state index in [1.54, 1.807) is 23.9 Å². The third-order valence-corrected chi connectivity index (χ3v) is 7.78. The molecule has 31 heavy (non-hydrogen) atoms. The fourth-order valence-electron chi connectivity index (χ4n) is 3.31. The van der Waals surface area contributed by atoms with Crippen LogP contribution in [-0.4, -0.2) is 42.8 Å². The molecule has 0 spiro atoms. The topological polar surface area (TPSA) is 45.5 Å². The van der Waals surface area contributed by atoms with Crippen LogP contribution < -0.4 is 5.46 Å². The van der Waals surface area contributed by atoms with Crippen LogP contribution in [-0.2, 0) is 20.8 Å². The zero-order valence-corrected chi connectivity index (χ0v) is 20.8. The van der Waals surface area contributed by atoms with Gasteiger partial charge in [0.2, 0.25) is 0 Å². The molecule has 170 valence electrons. The minimum Gasteiger partial charge on any atom is -0.399 e. The molecule has 5 nitrogen and oxygen atoms in total. The van der Waals surface area contributed by atoms with Gasteiger partial charge in [-0.15, -0.1) is 0 Å². The normalized spacial score (nSPS) is 18.1. The average Bonchev–Trinajstić information content (AvgIpc) is 3.09. The Morgan fingerprint density at radius 1 is 1.03 bits per heavy atom. The maximum absolute atomic E-state index is 15.1. The van der Waals surface area contributed by atoms with Crippen LogP contribution in [0.25, 0.3) is 11.1 Å². The molecule has 1 aromatic carbocycles. The van der Waals surface area contributed by atoms with Crippen LogP contribution in [0.4, 0.5) is 8.78 Å². The van der Waals surface area contributed by atoms with E-state index in [-0.39, 0.29) is 17.8 Å². The summed E-state index contributed by atoms with van der Waals surface area (Å²) >= 11 is 0. The van der Waals surface area contributed by atoms with Gasteiger partial charge in [-0.3, -0.25) is 0 Å². The first-order chi connectivity index (χ1) is 14.2. The van der Waals surface area contributed by atoms with Gasteiger partial charge in [-0.1, -0.05) is 31.8 Å². The largest absolute Gasteiger partial charge is 0.497 e. The predicted octanol–water partition coefficient (Wildman–Crippen LogP) is 4.75. The van der Waals surface area contributed by atoms with E-state index >= 15 is 8.78 Å². The van der Waals surface area contributed by atoms with Crippen molar-refractivity contribution in [3.05, 3.63) is 35.7 Å². The van der Waals surface area contributed by atoms with Crippen LogP contribution in [0.3, 0.4) is 0 Å². The molecule has 2 heterocycles. The Kier molecular flexibility index (Phi) is 6.55. The van der Waals surface area contributed by atoms with E-state index < -0.39 is 38.0 Å². The lowest BCUT2D eigenvalue weighted by atomic mass is 9.78. The summed E-state index contributed by atoms with van der Waals surface area (Å²) in [6.07, 6.45) is 1.69. The third kappa shape index (κ3) is 5.10. The van der Waals surface area contributed by atoms with Gasteiger partial charge in [-0.05, 0) is 40.7 Å². The summed E-state index contributed by atoms with van der Waals surface area (Å²) in [6, 6.07) is 4.14. The number of aryl methyl sites for hydroxylation is 1. The minimum atomic E-state index is -1.17. The molecule has 0 atom stereocenters. The van der Waals surface area contributed by atoms with Crippen LogP contribution in [0.1, 0.15) is 33.4 Å². The van der Waals surface area contributed by atoms with Crippen LogP contribution >= 0.6 is 0 Å². The summed E-state index contributed by atoms with van der Waals surface area (Å²) in [5.74, 6) is -1.90. The lowest BCUT2D eigenvalue weighted by Crippen LogP contribution is -2.41. The molecule has 2 aromatic rings. The van der Waals surface area contributed by atoms with Crippen LogP contribution in [0.2, 0.25) is 25.7 Å². The van der Waals surface area contributed by atoms with Gasteiger partial charge < -0.3 is 14.0 Å². The molecule has 1 aliphatic heterocycles. The zero-order chi connectivity index (χ0) is 23.2. The van der Waals surface area contributed by atoms with E-state index in [9.17, 15) is 0 Å². The molecule has 0 unspecified atom stereocenters. The van der Waals surface area contributed by atoms with Crippen molar-refractivity contribution in [3.8, 4) is 11.1 Å². The van der Waals surface area contributed by atoms with Crippen molar-refractivity contribution in [2.75, 3.05) is 6.61 Å². The summed E-state index contributed by atoms with van der Waals surface area (Å²) in [7, 11) is -2.13. The van der Waals surface area contributed by atoms with Crippen LogP contribution in [0.15, 0.2) is 18.3 Å². The summed E-state index contributed by atoms with van der Waals surface area (Å²) < 4.78 is 49.2. The van der Waals surface area contributed by atoms with Gasteiger partial charge in [-0.25, -0.2) is 13.5 Å². The number of halogens is 2. The highest BCUT2D eigenvalue weighted by Gasteiger charge is 2.52. The molecule has 9 heteroatoms. The number of benzene rings is 1. The number of ether oxygens (including phenoxy) is 1. The fourth-order valence-corrected chi connectivity index (χ4v) is 4.07. The van der Waals surface area contributed by atoms with E-state index in [4.69, 9.17) is 14.0 Å². The Bertz CT molecular complexity index is 941. The molecule has 0 aliphatic carbocycles. The highest BCUT2D eigenvalue weighted by molar-refractivity contribution is 6.76. The number of rotatable bonds is 7. The number of hydrogen-bond acceptors (Lipinski definition) is 4. The third-order valence-electron chi connectivity index (χ3n) is 6.08. The molecular formula is C22H33BF2N2O3Si. The van der Waals surface area contributed by atoms with Gasteiger partial charge in [0, 0.05) is 37.5 Å². The second kappa shape index (κ2) is 8.42. The number of hydrogen-bond donors (Lipinski definition) is 0. The van der Waals surface area contributed by atoms with Crippen molar-refractivity contribution in [1.82, 2.24) is 9.78 Å². The Hall–Kier alpha value is -1.55. The van der Waals surface area contributed by atoms with Crippen molar-refractivity contribution in [1.29, 1.82) is 0 Å². The number of aromatic nitrogens is 2. The van der Waals surface area contributed by atoms with E-state index in [1.807, 2.05) is 27.7 Å². The van der Waals surface area contributed by atoms with Crippen LogP contribution in [0.5, 0.6) is 0 Å². The molecule has 3 rings (SSSR count). The molecule has 1 aliphatic rings. The fraction of sp³-hybridized carbons (Fsp3) is 0.591. The van der Waals surface area contributed by atoms with Gasteiger partial charge in [0.15, 0.2) is 11.6 Å². The van der Waals surface area contributed by atoms with Gasteiger partial charge >= 0.3 is 7.12 Å². The zero-order valence-electron chi connectivity index (χ0n) is 19.8. The molecular weight excluding hydrogens is 417 g/mol. The Morgan fingerprint density at radius 3 is 2.23 bits per heavy atom. The van der Waals surface area contributed by atoms with Gasteiger partial charge in [0.1, 0.15) is 6.73 Å². The molecule has 1 saturated heterocycles. The maximum atomic E-state index is 15.1. The monoisotopic (exact) mass is 450 g/mol. The summed E-state index contributed by atoms with van der Waals surface area (Å²) in [4.78, 5) is 0. The first kappa shape index (κ1) is 24.1. The molecule has 0 N–H and O–H groups in total. The molecule has 0 radical (unpaired) electrons. The SMILES string of the molecule is Cc1nn(COCC[Si](C)(C)C)cc1-c1ccc(B2OC(C)(C)C(C)(C)O2)c(F)c1F. The number of nitrogens with zero attached hydrogens (tertiary/aromatic N) is 2. The van der Waals surface area contributed by atoms with Crippen molar-refractivity contribution >= 4 is 20.7 Å². The van der Waals surface area contributed by atoms with Crippen molar-refractivity contribution < 1.29 is 22.8 Å². The molecule has 0 amide bonds. The molecule has 1 fully saturated rings. The van der Waals surface area contributed by atoms with E-state index in [1.165, 1.54) is 6.07 Å².